The third-order valence-corrected chi connectivity index (χ3v) is 3.82. The number of hydrogen-bond acceptors (Lipinski definition) is 3. The van der Waals surface area contributed by atoms with Crippen LogP contribution in [0.2, 0.25) is 0 Å². The zero-order valence-corrected chi connectivity index (χ0v) is 11.8. The second kappa shape index (κ2) is 7.08. The lowest BCUT2D eigenvalue weighted by molar-refractivity contribution is -0.124. The number of ether oxygens (including phenoxy) is 1. The average Bonchev–Trinajstić information content (AvgIpc) is 2.48. The van der Waals surface area contributed by atoms with Crippen molar-refractivity contribution < 1.29 is 14.3 Å². The van der Waals surface area contributed by atoms with Crippen LogP contribution in [-0.4, -0.2) is 24.8 Å². The van der Waals surface area contributed by atoms with Crippen molar-refractivity contribution in [3.63, 3.8) is 0 Å². The van der Waals surface area contributed by atoms with Crippen molar-refractivity contribution in [1.82, 2.24) is 5.32 Å². The summed E-state index contributed by atoms with van der Waals surface area (Å²) in [5.41, 5.74) is 0.545. The molecular weight excluding hydrogens is 254 g/mol. The van der Waals surface area contributed by atoms with Crippen molar-refractivity contribution >= 4 is 12.2 Å². The van der Waals surface area contributed by atoms with Gasteiger partial charge in [0.05, 0.1) is 0 Å². The number of aldehydes is 1. The first-order valence-electron chi connectivity index (χ1n) is 7.16. The van der Waals surface area contributed by atoms with E-state index in [1.54, 1.807) is 24.3 Å². The van der Waals surface area contributed by atoms with Crippen LogP contribution >= 0.6 is 0 Å². The summed E-state index contributed by atoms with van der Waals surface area (Å²) in [6.07, 6.45) is 5.41. The Hall–Kier alpha value is -1.84. The molecule has 0 bridgehead atoms. The average molecular weight is 275 g/mol. The predicted octanol–water partition coefficient (Wildman–Crippen LogP) is 2.57. The summed E-state index contributed by atoms with van der Waals surface area (Å²) in [5.74, 6) is 0.979. The molecule has 0 spiro atoms. The van der Waals surface area contributed by atoms with Gasteiger partial charge in [-0.3, -0.25) is 9.59 Å². The van der Waals surface area contributed by atoms with Gasteiger partial charge < -0.3 is 10.1 Å². The highest BCUT2D eigenvalue weighted by Crippen LogP contribution is 2.23. The molecule has 2 rings (SSSR count). The van der Waals surface area contributed by atoms with Gasteiger partial charge in [-0.1, -0.05) is 31.9 Å². The molecule has 2 atom stereocenters. The molecule has 0 aromatic heterocycles. The number of hydrogen-bond donors (Lipinski definition) is 1. The van der Waals surface area contributed by atoms with E-state index in [4.69, 9.17) is 4.74 Å². The molecule has 1 aromatic carbocycles. The van der Waals surface area contributed by atoms with E-state index in [0.717, 1.165) is 12.7 Å². The Labute approximate surface area is 119 Å². The first kappa shape index (κ1) is 14.6. The second-order valence-electron chi connectivity index (χ2n) is 5.41. The Morgan fingerprint density at radius 3 is 2.95 bits per heavy atom. The molecule has 0 unspecified atom stereocenters. The lowest BCUT2D eigenvalue weighted by atomic mass is 9.86. The zero-order chi connectivity index (χ0) is 14.4. The summed E-state index contributed by atoms with van der Waals surface area (Å²) in [4.78, 5) is 22.5. The fourth-order valence-corrected chi connectivity index (χ4v) is 2.61. The Morgan fingerprint density at radius 2 is 2.20 bits per heavy atom. The van der Waals surface area contributed by atoms with Gasteiger partial charge in [0.2, 0.25) is 0 Å². The summed E-state index contributed by atoms with van der Waals surface area (Å²) in [5, 5.41) is 3.03. The molecule has 1 N–H and O–H groups in total. The van der Waals surface area contributed by atoms with Crippen LogP contribution in [0.5, 0.6) is 5.75 Å². The summed E-state index contributed by atoms with van der Waals surface area (Å²) < 4.78 is 5.42. The maximum atomic E-state index is 11.9. The molecule has 1 saturated carbocycles. The number of carbonyl (C=O) groups is 2. The highest BCUT2D eigenvalue weighted by molar-refractivity contribution is 5.78. The van der Waals surface area contributed by atoms with Crippen LogP contribution < -0.4 is 10.1 Å². The van der Waals surface area contributed by atoms with Gasteiger partial charge in [0.1, 0.15) is 12.0 Å². The third-order valence-electron chi connectivity index (χ3n) is 3.82. The van der Waals surface area contributed by atoms with Crippen molar-refractivity contribution in [2.45, 2.75) is 38.6 Å². The van der Waals surface area contributed by atoms with Crippen LogP contribution in [0.15, 0.2) is 24.3 Å². The van der Waals surface area contributed by atoms with Gasteiger partial charge in [-0.15, -0.1) is 0 Å². The molecule has 4 nitrogen and oxygen atoms in total. The number of nitrogens with one attached hydrogen (secondary N) is 1. The SMILES string of the molecule is C[C@@H]1CCCC[C@H]1NC(=O)COc1cccc(C=O)c1. The maximum absolute atomic E-state index is 11.9. The summed E-state index contributed by atoms with van der Waals surface area (Å²) in [7, 11) is 0. The van der Waals surface area contributed by atoms with Gasteiger partial charge in [-0.05, 0) is 30.9 Å². The van der Waals surface area contributed by atoms with Crippen molar-refractivity contribution in [3.05, 3.63) is 29.8 Å². The molecule has 1 fully saturated rings. The van der Waals surface area contributed by atoms with E-state index in [1.807, 2.05) is 0 Å². The van der Waals surface area contributed by atoms with Crippen LogP contribution in [0.25, 0.3) is 0 Å². The van der Waals surface area contributed by atoms with Crippen LogP contribution in [-0.2, 0) is 4.79 Å². The number of carbonyl (C=O) groups excluding carboxylic acids is 2. The molecule has 108 valence electrons. The summed E-state index contributed by atoms with van der Waals surface area (Å²) >= 11 is 0. The topological polar surface area (TPSA) is 55.4 Å². The van der Waals surface area contributed by atoms with Crippen molar-refractivity contribution in [3.8, 4) is 5.75 Å². The Morgan fingerprint density at radius 1 is 1.40 bits per heavy atom. The van der Waals surface area contributed by atoms with Crippen LogP contribution in [0.4, 0.5) is 0 Å². The molecule has 1 amide bonds. The lowest BCUT2D eigenvalue weighted by Crippen LogP contribution is -2.43. The Bertz CT molecular complexity index is 473. The molecule has 0 heterocycles. The van der Waals surface area contributed by atoms with Gasteiger partial charge in [-0.2, -0.15) is 0 Å². The molecular formula is C16H21NO3. The predicted molar refractivity (Wildman–Crippen MR) is 76.9 cm³/mol. The molecule has 0 saturated heterocycles. The maximum Gasteiger partial charge on any atom is 0.258 e. The highest BCUT2D eigenvalue weighted by atomic mass is 16.5. The Kier molecular flexibility index (Phi) is 5.16. The van der Waals surface area contributed by atoms with Crippen molar-refractivity contribution in [2.75, 3.05) is 6.61 Å². The minimum absolute atomic E-state index is 0.00840. The van der Waals surface area contributed by atoms with Gasteiger partial charge in [0.15, 0.2) is 6.61 Å². The fourth-order valence-electron chi connectivity index (χ4n) is 2.61. The first-order chi connectivity index (χ1) is 9.69. The Balaban J connectivity index is 1.80. The van der Waals surface area contributed by atoms with E-state index in [0.29, 0.717) is 17.2 Å². The van der Waals surface area contributed by atoms with Crippen molar-refractivity contribution in [1.29, 1.82) is 0 Å². The number of amides is 1. The monoisotopic (exact) mass is 275 g/mol. The van der Waals surface area contributed by atoms with E-state index in [2.05, 4.69) is 12.2 Å². The smallest absolute Gasteiger partial charge is 0.258 e. The molecule has 20 heavy (non-hydrogen) atoms. The minimum atomic E-state index is -0.0970. The normalized spacial score (nSPS) is 22.1. The van der Waals surface area contributed by atoms with E-state index in [-0.39, 0.29) is 18.6 Å². The summed E-state index contributed by atoms with van der Waals surface area (Å²) in [6, 6.07) is 7.07. The second-order valence-corrected chi connectivity index (χ2v) is 5.41. The van der Waals surface area contributed by atoms with E-state index < -0.39 is 0 Å². The molecule has 1 aliphatic carbocycles. The molecule has 1 aromatic rings. The zero-order valence-electron chi connectivity index (χ0n) is 11.8. The van der Waals surface area contributed by atoms with E-state index >= 15 is 0 Å². The summed E-state index contributed by atoms with van der Waals surface area (Å²) in [6.45, 7) is 2.17. The quantitative estimate of drug-likeness (QED) is 0.840. The van der Waals surface area contributed by atoms with Crippen LogP contribution in [0, 0.1) is 5.92 Å². The first-order valence-corrected chi connectivity index (χ1v) is 7.16. The largest absolute Gasteiger partial charge is 0.484 e. The van der Waals surface area contributed by atoms with Crippen molar-refractivity contribution in [2.24, 2.45) is 5.92 Å². The fraction of sp³-hybridized carbons (Fsp3) is 0.500. The number of rotatable bonds is 5. The molecule has 0 radical (unpaired) electrons. The minimum Gasteiger partial charge on any atom is -0.484 e. The highest BCUT2D eigenvalue weighted by Gasteiger charge is 2.22. The van der Waals surface area contributed by atoms with E-state index in [1.165, 1.54) is 19.3 Å². The molecule has 1 aliphatic rings. The molecule has 4 heteroatoms. The van der Waals surface area contributed by atoms with Gasteiger partial charge in [-0.25, -0.2) is 0 Å². The van der Waals surface area contributed by atoms with E-state index in [9.17, 15) is 9.59 Å². The van der Waals surface area contributed by atoms with Gasteiger partial charge in [0.25, 0.3) is 5.91 Å². The molecule has 0 aliphatic heterocycles. The van der Waals surface area contributed by atoms with Gasteiger partial charge in [0, 0.05) is 11.6 Å². The standard InChI is InChI=1S/C16H21NO3/c1-12-5-2-3-8-15(12)17-16(19)11-20-14-7-4-6-13(9-14)10-18/h4,6-7,9-10,12,15H,2-3,5,8,11H2,1H3,(H,17,19)/t12-,15-/m1/s1. The van der Waals surface area contributed by atoms with Crippen LogP contribution in [0.3, 0.4) is 0 Å². The lowest BCUT2D eigenvalue weighted by Gasteiger charge is -2.29. The van der Waals surface area contributed by atoms with Gasteiger partial charge >= 0.3 is 0 Å². The number of benzene rings is 1. The van der Waals surface area contributed by atoms with Crippen LogP contribution in [0.1, 0.15) is 43.0 Å². The third kappa shape index (κ3) is 4.08.